The lowest BCUT2D eigenvalue weighted by Gasteiger charge is -2.11. The van der Waals surface area contributed by atoms with Gasteiger partial charge < -0.3 is 4.74 Å². The van der Waals surface area contributed by atoms with Gasteiger partial charge in [0.05, 0.1) is 23.5 Å². The smallest absolute Gasteiger partial charge is 0.265 e. The second-order valence-corrected chi connectivity index (χ2v) is 6.90. The van der Waals surface area contributed by atoms with Crippen LogP contribution in [-0.2, 0) is 10.0 Å². The standard InChI is InChI=1S/C10H9Br2N3O3S/c1-18-10-3-9(7(11)2-8(10)12)15-19(16,17)6-4-13-14-5-6/h2-5,15H,1H3,(H,13,14). The Hall–Kier alpha value is -1.06. The van der Waals surface area contributed by atoms with E-state index in [-0.39, 0.29) is 4.90 Å². The van der Waals surface area contributed by atoms with Gasteiger partial charge in [-0.25, -0.2) is 8.42 Å². The maximum Gasteiger partial charge on any atom is 0.265 e. The van der Waals surface area contributed by atoms with Gasteiger partial charge in [0.2, 0.25) is 0 Å². The van der Waals surface area contributed by atoms with Crippen LogP contribution in [0, 0.1) is 0 Å². The van der Waals surface area contributed by atoms with Crippen molar-refractivity contribution in [2.24, 2.45) is 0 Å². The summed E-state index contributed by atoms with van der Waals surface area (Å²) in [4.78, 5) is 0.0567. The lowest BCUT2D eigenvalue weighted by Crippen LogP contribution is -2.12. The van der Waals surface area contributed by atoms with Gasteiger partial charge in [-0.15, -0.1) is 0 Å². The number of nitrogens with one attached hydrogen (secondary N) is 2. The molecule has 0 spiro atoms. The Morgan fingerprint density at radius 3 is 2.63 bits per heavy atom. The number of hydrogen-bond acceptors (Lipinski definition) is 4. The van der Waals surface area contributed by atoms with E-state index in [0.29, 0.717) is 20.4 Å². The highest BCUT2D eigenvalue weighted by Crippen LogP contribution is 2.35. The molecular weight excluding hydrogens is 402 g/mol. The molecule has 0 saturated carbocycles. The van der Waals surface area contributed by atoms with Crippen molar-refractivity contribution in [2.45, 2.75) is 4.90 Å². The van der Waals surface area contributed by atoms with Gasteiger partial charge in [-0.1, -0.05) is 0 Å². The van der Waals surface area contributed by atoms with E-state index in [1.54, 1.807) is 12.1 Å². The molecule has 102 valence electrons. The number of halogens is 2. The Balaban J connectivity index is 2.39. The maximum atomic E-state index is 12.1. The number of aromatic nitrogens is 2. The van der Waals surface area contributed by atoms with Crippen LogP contribution in [0.4, 0.5) is 5.69 Å². The van der Waals surface area contributed by atoms with Crippen LogP contribution in [0.25, 0.3) is 0 Å². The van der Waals surface area contributed by atoms with Gasteiger partial charge in [-0.05, 0) is 37.9 Å². The molecule has 0 aliphatic heterocycles. The van der Waals surface area contributed by atoms with Gasteiger partial charge in [-0.2, -0.15) is 5.10 Å². The number of nitrogens with zero attached hydrogens (tertiary/aromatic N) is 1. The molecule has 1 aromatic heterocycles. The molecular formula is C10H9Br2N3O3S. The first-order valence-electron chi connectivity index (χ1n) is 4.98. The second kappa shape index (κ2) is 5.51. The Morgan fingerprint density at radius 2 is 2.05 bits per heavy atom. The van der Waals surface area contributed by atoms with Gasteiger partial charge in [0.25, 0.3) is 10.0 Å². The van der Waals surface area contributed by atoms with E-state index in [0.717, 1.165) is 0 Å². The molecule has 2 aromatic rings. The number of hydrogen-bond donors (Lipinski definition) is 2. The summed E-state index contributed by atoms with van der Waals surface area (Å²) >= 11 is 6.60. The van der Waals surface area contributed by atoms with Crippen molar-refractivity contribution in [3.05, 3.63) is 33.5 Å². The fourth-order valence-electron chi connectivity index (χ4n) is 1.35. The number of ether oxygens (including phenoxy) is 1. The first-order chi connectivity index (χ1) is 8.94. The summed E-state index contributed by atoms with van der Waals surface area (Å²) in [6, 6.07) is 3.28. The van der Waals surface area contributed by atoms with Gasteiger partial charge in [0.1, 0.15) is 10.6 Å². The second-order valence-electron chi connectivity index (χ2n) is 3.51. The number of methoxy groups -OCH3 is 1. The van der Waals surface area contributed by atoms with Crippen molar-refractivity contribution in [1.29, 1.82) is 0 Å². The Labute approximate surface area is 126 Å². The summed E-state index contributed by atoms with van der Waals surface area (Å²) < 4.78 is 33.0. The van der Waals surface area contributed by atoms with Crippen LogP contribution >= 0.6 is 31.9 Å². The van der Waals surface area contributed by atoms with Gasteiger partial charge in [-0.3, -0.25) is 9.82 Å². The minimum Gasteiger partial charge on any atom is -0.495 e. The van der Waals surface area contributed by atoms with Crippen LogP contribution in [0.15, 0.2) is 38.4 Å². The highest BCUT2D eigenvalue weighted by atomic mass is 79.9. The molecule has 1 aromatic carbocycles. The molecule has 0 atom stereocenters. The van der Waals surface area contributed by atoms with E-state index in [1.165, 1.54) is 19.5 Å². The zero-order chi connectivity index (χ0) is 14.0. The quantitative estimate of drug-likeness (QED) is 0.811. The minimum atomic E-state index is -3.67. The molecule has 1 heterocycles. The van der Waals surface area contributed by atoms with Gasteiger partial charge >= 0.3 is 0 Å². The van der Waals surface area contributed by atoms with Crippen molar-refractivity contribution >= 4 is 47.6 Å². The zero-order valence-electron chi connectivity index (χ0n) is 9.65. The number of rotatable bonds is 4. The summed E-state index contributed by atoms with van der Waals surface area (Å²) in [6.45, 7) is 0. The molecule has 9 heteroatoms. The average molecular weight is 411 g/mol. The molecule has 0 aliphatic rings. The molecule has 6 nitrogen and oxygen atoms in total. The lowest BCUT2D eigenvalue weighted by molar-refractivity contribution is 0.412. The zero-order valence-corrected chi connectivity index (χ0v) is 13.6. The van der Waals surface area contributed by atoms with Crippen LogP contribution in [0.5, 0.6) is 5.75 Å². The van der Waals surface area contributed by atoms with Crippen molar-refractivity contribution < 1.29 is 13.2 Å². The van der Waals surface area contributed by atoms with Crippen molar-refractivity contribution in [2.75, 3.05) is 11.8 Å². The van der Waals surface area contributed by atoms with Crippen LogP contribution in [0.2, 0.25) is 0 Å². The number of sulfonamides is 1. The molecule has 0 aliphatic carbocycles. The number of anilines is 1. The molecule has 2 N–H and O–H groups in total. The Kier molecular flexibility index (Phi) is 4.16. The largest absolute Gasteiger partial charge is 0.495 e. The fourth-order valence-corrected chi connectivity index (χ4v) is 3.72. The summed E-state index contributed by atoms with van der Waals surface area (Å²) in [5, 5.41) is 6.07. The average Bonchev–Trinajstić information content (AvgIpc) is 2.87. The lowest BCUT2D eigenvalue weighted by atomic mass is 10.3. The van der Waals surface area contributed by atoms with Gasteiger partial charge in [0.15, 0.2) is 0 Å². The maximum absolute atomic E-state index is 12.1. The topological polar surface area (TPSA) is 84.1 Å². The van der Waals surface area contributed by atoms with Crippen LogP contribution in [0.3, 0.4) is 0 Å². The Morgan fingerprint density at radius 1 is 1.32 bits per heavy atom. The molecule has 0 bridgehead atoms. The summed E-state index contributed by atoms with van der Waals surface area (Å²) in [5.41, 5.74) is 0.376. The monoisotopic (exact) mass is 409 g/mol. The predicted octanol–water partition coefficient (Wildman–Crippen LogP) is 2.74. The molecule has 0 radical (unpaired) electrons. The van der Waals surface area contributed by atoms with Crippen LogP contribution in [0.1, 0.15) is 0 Å². The number of aromatic amines is 1. The third kappa shape index (κ3) is 3.10. The number of H-pyrrole nitrogens is 1. The normalized spacial score (nSPS) is 11.3. The predicted molar refractivity (Wildman–Crippen MR) is 77.8 cm³/mol. The van der Waals surface area contributed by atoms with E-state index in [4.69, 9.17) is 4.74 Å². The first kappa shape index (κ1) is 14.4. The fraction of sp³-hybridized carbons (Fsp3) is 0.100. The summed E-state index contributed by atoms with van der Waals surface area (Å²) in [5.74, 6) is 0.521. The van der Waals surface area contributed by atoms with E-state index in [1.807, 2.05) is 0 Å². The number of benzene rings is 1. The van der Waals surface area contributed by atoms with E-state index in [2.05, 4.69) is 46.8 Å². The van der Waals surface area contributed by atoms with Crippen LogP contribution < -0.4 is 9.46 Å². The van der Waals surface area contributed by atoms with E-state index < -0.39 is 10.0 Å². The first-order valence-corrected chi connectivity index (χ1v) is 8.05. The molecule has 0 saturated heterocycles. The minimum absolute atomic E-state index is 0.0567. The van der Waals surface area contributed by atoms with Gasteiger partial charge in [0, 0.05) is 16.7 Å². The molecule has 0 amide bonds. The van der Waals surface area contributed by atoms with E-state index in [9.17, 15) is 8.42 Å². The highest BCUT2D eigenvalue weighted by Gasteiger charge is 2.18. The third-order valence-corrected chi connectivity index (χ3v) is 4.88. The molecule has 2 rings (SSSR count). The van der Waals surface area contributed by atoms with E-state index >= 15 is 0 Å². The SMILES string of the molecule is COc1cc(NS(=O)(=O)c2cn[nH]c2)c(Br)cc1Br. The Bertz CT molecular complexity index is 686. The highest BCUT2D eigenvalue weighted by molar-refractivity contribution is 9.11. The molecule has 0 unspecified atom stereocenters. The van der Waals surface area contributed by atoms with Crippen LogP contribution in [-0.4, -0.2) is 25.7 Å². The molecule has 19 heavy (non-hydrogen) atoms. The van der Waals surface area contributed by atoms with Crippen molar-refractivity contribution in [3.8, 4) is 5.75 Å². The third-order valence-electron chi connectivity index (χ3n) is 2.27. The molecule has 0 fully saturated rings. The summed E-state index contributed by atoms with van der Waals surface area (Å²) in [6.07, 6.45) is 2.53. The van der Waals surface area contributed by atoms with Crippen molar-refractivity contribution in [3.63, 3.8) is 0 Å². The summed E-state index contributed by atoms with van der Waals surface area (Å²) in [7, 11) is -2.17. The van der Waals surface area contributed by atoms with Crippen molar-refractivity contribution in [1.82, 2.24) is 10.2 Å².